The van der Waals surface area contributed by atoms with Crippen molar-refractivity contribution in [3.8, 4) is 0 Å². The molecule has 0 fully saturated rings. The highest BCUT2D eigenvalue weighted by Gasteiger charge is 2.21. The van der Waals surface area contributed by atoms with E-state index >= 15 is 0 Å². The minimum atomic E-state index is -2.38. The molecule has 0 aliphatic rings. The summed E-state index contributed by atoms with van der Waals surface area (Å²) < 4.78 is 17.5. The van der Waals surface area contributed by atoms with E-state index in [1.54, 1.807) is 0 Å². The van der Waals surface area contributed by atoms with E-state index in [0.717, 1.165) is 0 Å². The lowest BCUT2D eigenvalue weighted by Gasteiger charge is -2.21. The first-order chi connectivity index (χ1) is 8.22. The molecule has 7 heteroatoms. The summed E-state index contributed by atoms with van der Waals surface area (Å²) in [6.07, 6.45) is 1.42. The fourth-order valence-electron chi connectivity index (χ4n) is 1.30. The summed E-state index contributed by atoms with van der Waals surface area (Å²) in [6, 6.07) is 0. The number of carbonyl (C=O) groups is 1. The van der Waals surface area contributed by atoms with Crippen molar-refractivity contribution in [2.75, 3.05) is 29.5 Å². The third-order valence-corrected chi connectivity index (χ3v) is 6.75. The predicted molar refractivity (Wildman–Crippen MR) is 83.4 cm³/mol. The highest BCUT2D eigenvalue weighted by atomic mass is 79.9. The second-order valence-corrected chi connectivity index (χ2v) is 9.53. The molecule has 0 aromatic heterocycles. The van der Waals surface area contributed by atoms with E-state index < -0.39 is 12.9 Å². The van der Waals surface area contributed by atoms with Gasteiger partial charge in [0, 0.05) is 29.5 Å². The lowest BCUT2D eigenvalue weighted by Crippen LogP contribution is -2.27. The zero-order valence-electron chi connectivity index (χ0n) is 11.2. The monoisotopic (exact) mass is 405 g/mol. The van der Waals surface area contributed by atoms with Crippen LogP contribution in [0.15, 0.2) is 0 Å². The van der Waals surface area contributed by atoms with Gasteiger partial charge in [-0.1, -0.05) is 31.9 Å². The summed E-state index contributed by atoms with van der Waals surface area (Å²) in [5.74, 6) is -0.265. The third-order valence-electron chi connectivity index (χ3n) is 2.04. The SMILES string of the molecule is CC(C)(C)OC(=O)CCNP(=O)(CCBr)CCBr. The molecule has 0 aliphatic carbocycles. The molecule has 0 saturated carbocycles. The van der Waals surface area contributed by atoms with Gasteiger partial charge in [0.15, 0.2) is 0 Å². The molecular weight excluding hydrogens is 385 g/mol. The van der Waals surface area contributed by atoms with Gasteiger partial charge in [0.2, 0.25) is 0 Å². The number of hydrogen-bond donors (Lipinski definition) is 1. The molecule has 0 aromatic rings. The van der Waals surface area contributed by atoms with Crippen LogP contribution in [0.25, 0.3) is 0 Å². The van der Waals surface area contributed by atoms with Gasteiger partial charge in [-0.25, -0.2) is 0 Å². The van der Waals surface area contributed by atoms with E-state index in [1.807, 2.05) is 20.8 Å². The third kappa shape index (κ3) is 9.54. The maximum Gasteiger partial charge on any atom is 0.307 e. The number of rotatable bonds is 8. The molecule has 0 saturated heterocycles. The molecular formula is C11H22Br2NO3P. The molecule has 0 aromatic carbocycles. The van der Waals surface area contributed by atoms with E-state index in [4.69, 9.17) is 4.74 Å². The normalized spacial score (nSPS) is 12.5. The largest absolute Gasteiger partial charge is 0.460 e. The van der Waals surface area contributed by atoms with E-state index in [0.29, 0.717) is 29.5 Å². The van der Waals surface area contributed by atoms with Gasteiger partial charge in [0.25, 0.3) is 0 Å². The minimum absolute atomic E-state index is 0.242. The molecule has 0 unspecified atom stereocenters. The zero-order chi connectivity index (χ0) is 14.2. The van der Waals surface area contributed by atoms with Crippen LogP contribution in [0.1, 0.15) is 27.2 Å². The van der Waals surface area contributed by atoms with Gasteiger partial charge in [-0.15, -0.1) is 0 Å². The van der Waals surface area contributed by atoms with Gasteiger partial charge < -0.3 is 9.30 Å². The smallest absolute Gasteiger partial charge is 0.307 e. The van der Waals surface area contributed by atoms with Crippen molar-refractivity contribution in [3.05, 3.63) is 0 Å². The topological polar surface area (TPSA) is 55.4 Å². The molecule has 0 heterocycles. The Bertz CT molecular complexity index is 295. The Balaban J connectivity index is 4.07. The Labute approximate surface area is 126 Å². The van der Waals surface area contributed by atoms with Gasteiger partial charge in [0.05, 0.1) is 6.42 Å². The zero-order valence-corrected chi connectivity index (χ0v) is 15.2. The van der Waals surface area contributed by atoms with Crippen molar-refractivity contribution in [1.82, 2.24) is 5.09 Å². The van der Waals surface area contributed by atoms with Gasteiger partial charge in [-0.3, -0.25) is 9.88 Å². The second-order valence-electron chi connectivity index (χ2n) is 4.96. The van der Waals surface area contributed by atoms with Crippen LogP contribution in [-0.2, 0) is 14.1 Å². The van der Waals surface area contributed by atoms with E-state index in [9.17, 15) is 9.36 Å². The maximum absolute atomic E-state index is 12.4. The number of alkyl halides is 2. The Morgan fingerprint density at radius 3 is 2.11 bits per heavy atom. The molecule has 0 bridgehead atoms. The molecule has 1 N–H and O–H groups in total. The number of nitrogens with one attached hydrogen (secondary N) is 1. The molecule has 0 aliphatic heterocycles. The fourth-order valence-corrected chi connectivity index (χ4v) is 6.34. The van der Waals surface area contributed by atoms with Crippen molar-refractivity contribution in [1.29, 1.82) is 0 Å². The average Bonchev–Trinajstić information content (AvgIpc) is 2.14. The Kier molecular flexibility index (Phi) is 9.02. The summed E-state index contributed by atoms with van der Waals surface area (Å²) in [5, 5.41) is 4.39. The van der Waals surface area contributed by atoms with Gasteiger partial charge in [-0.05, 0) is 20.8 Å². The highest BCUT2D eigenvalue weighted by molar-refractivity contribution is 9.09. The number of halogens is 2. The first kappa shape index (κ1) is 18.6. The molecule has 0 radical (unpaired) electrons. The summed E-state index contributed by atoms with van der Waals surface area (Å²) >= 11 is 6.59. The number of hydrogen-bond acceptors (Lipinski definition) is 3. The van der Waals surface area contributed by atoms with Gasteiger partial charge >= 0.3 is 5.97 Å². The fraction of sp³-hybridized carbons (Fsp3) is 0.909. The molecule has 0 amide bonds. The van der Waals surface area contributed by atoms with Crippen LogP contribution in [0, 0.1) is 0 Å². The molecule has 4 nitrogen and oxygen atoms in total. The van der Waals surface area contributed by atoms with Crippen LogP contribution >= 0.6 is 39.2 Å². The molecule has 108 valence electrons. The van der Waals surface area contributed by atoms with Crippen molar-refractivity contribution in [2.24, 2.45) is 0 Å². The van der Waals surface area contributed by atoms with Crippen LogP contribution in [-0.4, -0.2) is 41.1 Å². The minimum Gasteiger partial charge on any atom is -0.460 e. The summed E-state index contributed by atoms with van der Waals surface area (Å²) in [5.41, 5.74) is -0.466. The van der Waals surface area contributed by atoms with Gasteiger partial charge in [-0.2, -0.15) is 0 Å². The van der Waals surface area contributed by atoms with Crippen LogP contribution in [0.3, 0.4) is 0 Å². The van der Waals surface area contributed by atoms with Crippen LogP contribution < -0.4 is 5.09 Å². The van der Waals surface area contributed by atoms with Crippen LogP contribution in [0.5, 0.6) is 0 Å². The highest BCUT2D eigenvalue weighted by Crippen LogP contribution is 2.40. The Hall–Kier alpha value is 0.620. The summed E-state index contributed by atoms with van der Waals surface area (Å²) in [4.78, 5) is 11.5. The van der Waals surface area contributed by atoms with Crippen molar-refractivity contribution < 1.29 is 14.1 Å². The van der Waals surface area contributed by atoms with E-state index in [1.165, 1.54) is 0 Å². The molecule has 0 rings (SSSR count). The average molecular weight is 407 g/mol. The number of carbonyl (C=O) groups excluding carboxylic acids is 1. The van der Waals surface area contributed by atoms with Gasteiger partial charge in [0.1, 0.15) is 12.9 Å². The second kappa shape index (κ2) is 8.72. The van der Waals surface area contributed by atoms with Crippen molar-refractivity contribution in [3.63, 3.8) is 0 Å². The Morgan fingerprint density at radius 2 is 1.72 bits per heavy atom. The van der Waals surface area contributed by atoms with Crippen molar-refractivity contribution in [2.45, 2.75) is 32.8 Å². The number of esters is 1. The first-order valence-corrected chi connectivity index (χ1v) is 10.2. The first-order valence-electron chi connectivity index (χ1n) is 5.89. The predicted octanol–water partition coefficient (Wildman–Crippen LogP) is 3.38. The van der Waals surface area contributed by atoms with E-state index in [2.05, 4.69) is 36.9 Å². The number of ether oxygens (including phenoxy) is 1. The lowest BCUT2D eigenvalue weighted by atomic mass is 10.2. The lowest BCUT2D eigenvalue weighted by molar-refractivity contribution is -0.154. The van der Waals surface area contributed by atoms with Crippen LogP contribution in [0.2, 0.25) is 0 Å². The van der Waals surface area contributed by atoms with Crippen molar-refractivity contribution >= 4 is 45.1 Å². The molecule has 18 heavy (non-hydrogen) atoms. The maximum atomic E-state index is 12.4. The molecule has 0 atom stereocenters. The quantitative estimate of drug-likeness (QED) is 0.381. The molecule has 0 spiro atoms. The Morgan fingerprint density at radius 1 is 1.22 bits per heavy atom. The van der Waals surface area contributed by atoms with Crippen LogP contribution in [0.4, 0.5) is 0 Å². The van der Waals surface area contributed by atoms with E-state index in [-0.39, 0.29) is 12.4 Å². The summed E-state index contributed by atoms with van der Waals surface area (Å²) in [6.45, 7) is 5.89. The summed E-state index contributed by atoms with van der Waals surface area (Å²) in [7, 11) is -2.38. The standard InChI is InChI=1S/C11H22Br2NO3P/c1-11(2,3)17-10(15)4-7-14-18(16,8-5-12)9-6-13/h4-9H2,1-3H3,(H,14,16).